The molecule has 2 aliphatic carbocycles. The third kappa shape index (κ3) is 2.80. The van der Waals surface area contributed by atoms with Crippen LogP contribution in [0.1, 0.15) is 66.2 Å². The maximum atomic E-state index is 11.0. The summed E-state index contributed by atoms with van der Waals surface area (Å²) >= 11 is 0. The minimum Gasteiger partial charge on any atom is -0.466 e. The molecular weight excluding hydrogens is 248 g/mol. The normalized spacial score (nSPS) is 36.3. The van der Waals surface area contributed by atoms with Crippen LogP contribution in [0.25, 0.3) is 0 Å². The van der Waals surface area contributed by atoms with Crippen LogP contribution in [0, 0.1) is 22.7 Å². The number of hydrogen-bond acceptors (Lipinski definition) is 2. The SMILES string of the molecule is C=C1CC[C@@H]2C(C)(C)CCC[C@]2(C)[C@H]1CCOC(C)=O. The fourth-order valence-corrected chi connectivity index (χ4v) is 5.13. The molecule has 0 saturated heterocycles. The van der Waals surface area contributed by atoms with Gasteiger partial charge in [0.1, 0.15) is 0 Å². The van der Waals surface area contributed by atoms with Crippen molar-refractivity contribution in [2.45, 2.75) is 66.2 Å². The predicted octanol–water partition coefficient (Wildman–Crippen LogP) is 4.74. The molecule has 0 bridgehead atoms. The minimum absolute atomic E-state index is 0.169. The third-order valence-corrected chi connectivity index (χ3v) is 6.03. The first-order valence-corrected chi connectivity index (χ1v) is 8.08. The van der Waals surface area contributed by atoms with Gasteiger partial charge < -0.3 is 4.74 Å². The van der Waals surface area contributed by atoms with Crippen molar-refractivity contribution in [2.75, 3.05) is 6.61 Å². The lowest BCUT2D eigenvalue weighted by Gasteiger charge is -2.58. The van der Waals surface area contributed by atoms with E-state index in [4.69, 9.17) is 4.74 Å². The van der Waals surface area contributed by atoms with E-state index in [0.29, 0.717) is 23.4 Å². The zero-order chi connectivity index (χ0) is 15.0. The predicted molar refractivity (Wildman–Crippen MR) is 82.3 cm³/mol. The second-order valence-electron chi connectivity index (χ2n) is 7.78. The number of carbonyl (C=O) groups is 1. The van der Waals surface area contributed by atoms with Crippen LogP contribution in [-0.2, 0) is 9.53 Å². The Balaban J connectivity index is 2.15. The number of carbonyl (C=O) groups excluding carboxylic acids is 1. The number of ether oxygens (including phenoxy) is 1. The number of hydrogen-bond donors (Lipinski definition) is 0. The lowest BCUT2D eigenvalue weighted by molar-refractivity contribution is -0.142. The zero-order valence-corrected chi connectivity index (χ0v) is 13.6. The first-order chi connectivity index (χ1) is 9.27. The van der Waals surface area contributed by atoms with Gasteiger partial charge in [0.05, 0.1) is 6.61 Å². The summed E-state index contributed by atoms with van der Waals surface area (Å²) in [6, 6.07) is 0. The van der Waals surface area contributed by atoms with Crippen molar-refractivity contribution in [1.29, 1.82) is 0 Å². The van der Waals surface area contributed by atoms with Crippen molar-refractivity contribution in [3.05, 3.63) is 12.2 Å². The van der Waals surface area contributed by atoms with Crippen molar-refractivity contribution < 1.29 is 9.53 Å². The van der Waals surface area contributed by atoms with Crippen molar-refractivity contribution in [3.8, 4) is 0 Å². The highest BCUT2D eigenvalue weighted by Gasteiger charge is 2.52. The van der Waals surface area contributed by atoms with Crippen LogP contribution in [0.4, 0.5) is 0 Å². The van der Waals surface area contributed by atoms with Crippen LogP contribution in [0.5, 0.6) is 0 Å². The Hall–Kier alpha value is -0.790. The fraction of sp³-hybridized carbons (Fsp3) is 0.833. The summed E-state index contributed by atoms with van der Waals surface area (Å²) < 4.78 is 5.19. The maximum absolute atomic E-state index is 11.0. The molecule has 2 nitrogen and oxygen atoms in total. The molecule has 0 radical (unpaired) electrons. The van der Waals surface area contributed by atoms with Gasteiger partial charge >= 0.3 is 5.97 Å². The Morgan fingerprint density at radius 3 is 2.70 bits per heavy atom. The Morgan fingerprint density at radius 2 is 2.05 bits per heavy atom. The van der Waals surface area contributed by atoms with Gasteiger partial charge in [-0.1, -0.05) is 39.3 Å². The lowest BCUT2D eigenvalue weighted by Crippen LogP contribution is -2.49. The van der Waals surface area contributed by atoms with Crippen LogP contribution in [-0.4, -0.2) is 12.6 Å². The first-order valence-electron chi connectivity index (χ1n) is 8.08. The topological polar surface area (TPSA) is 26.3 Å². The first kappa shape index (κ1) is 15.6. The molecule has 0 aromatic heterocycles. The van der Waals surface area contributed by atoms with Gasteiger partial charge in [-0.2, -0.15) is 0 Å². The van der Waals surface area contributed by atoms with Crippen LogP contribution in [0.3, 0.4) is 0 Å². The van der Waals surface area contributed by atoms with E-state index in [1.807, 2.05) is 0 Å². The Bertz CT molecular complexity index is 396. The summed E-state index contributed by atoms with van der Waals surface area (Å²) in [6.07, 6.45) is 7.33. The molecule has 2 aliphatic rings. The molecule has 0 aromatic rings. The molecular formula is C18H30O2. The highest BCUT2D eigenvalue weighted by atomic mass is 16.5. The van der Waals surface area contributed by atoms with Gasteiger partial charge in [0.2, 0.25) is 0 Å². The van der Waals surface area contributed by atoms with Crippen LogP contribution >= 0.6 is 0 Å². The van der Waals surface area contributed by atoms with Crippen molar-refractivity contribution in [3.63, 3.8) is 0 Å². The van der Waals surface area contributed by atoms with Crippen LogP contribution < -0.4 is 0 Å². The van der Waals surface area contributed by atoms with Gasteiger partial charge in [-0.15, -0.1) is 0 Å². The molecule has 0 aliphatic heterocycles. The zero-order valence-electron chi connectivity index (χ0n) is 13.6. The Morgan fingerprint density at radius 1 is 1.35 bits per heavy atom. The van der Waals surface area contributed by atoms with Crippen LogP contribution in [0.15, 0.2) is 12.2 Å². The van der Waals surface area contributed by atoms with Crippen molar-refractivity contribution >= 4 is 5.97 Å². The number of allylic oxidation sites excluding steroid dienone is 1. The summed E-state index contributed by atoms with van der Waals surface area (Å²) in [6.45, 7) is 13.7. The summed E-state index contributed by atoms with van der Waals surface area (Å²) in [4.78, 5) is 11.0. The largest absolute Gasteiger partial charge is 0.466 e. The molecule has 0 N–H and O–H groups in total. The van der Waals surface area contributed by atoms with E-state index < -0.39 is 0 Å². The second kappa shape index (κ2) is 5.54. The maximum Gasteiger partial charge on any atom is 0.302 e. The van der Waals surface area contributed by atoms with Gasteiger partial charge in [0.25, 0.3) is 0 Å². The van der Waals surface area contributed by atoms with Gasteiger partial charge in [-0.25, -0.2) is 0 Å². The quantitative estimate of drug-likeness (QED) is 0.550. The van der Waals surface area contributed by atoms with E-state index in [9.17, 15) is 4.79 Å². The highest BCUT2D eigenvalue weighted by molar-refractivity contribution is 5.65. The molecule has 2 saturated carbocycles. The molecule has 114 valence electrons. The molecule has 3 atom stereocenters. The molecule has 0 spiro atoms. The van der Waals surface area contributed by atoms with Gasteiger partial charge in [0, 0.05) is 6.92 Å². The van der Waals surface area contributed by atoms with E-state index in [1.165, 1.54) is 38.2 Å². The highest BCUT2D eigenvalue weighted by Crippen LogP contribution is 2.61. The standard InChI is InChI=1S/C18H30O2/c1-13-7-8-16-17(3,4)10-6-11-18(16,5)15(13)9-12-20-14(2)19/h15-16H,1,6-12H2,2-5H3/t15-,16+,18+/m0/s1. The molecule has 2 rings (SSSR count). The van der Waals surface area contributed by atoms with Gasteiger partial charge in [-0.3, -0.25) is 4.79 Å². The number of rotatable bonds is 3. The molecule has 0 unspecified atom stereocenters. The molecule has 0 aromatic carbocycles. The monoisotopic (exact) mass is 278 g/mol. The van der Waals surface area contributed by atoms with Gasteiger partial charge in [-0.05, 0) is 54.8 Å². The second-order valence-corrected chi connectivity index (χ2v) is 7.78. The summed E-state index contributed by atoms with van der Waals surface area (Å²) in [5.74, 6) is 1.12. The third-order valence-electron chi connectivity index (χ3n) is 6.03. The minimum atomic E-state index is -0.169. The molecule has 0 amide bonds. The fourth-order valence-electron chi connectivity index (χ4n) is 5.13. The molecule has 0 heterocycles. The Kier molecular flexibility index (Phi) is 4.32. The summed E-state index contributed by atoms with van der Waals surface area (Å²) in [5.41, 5.74) is 2.17. The van der Waals surface area contributed by atoms with E-state index in [0.717, 1.165) is 18.8 Å². The van der Waals surface area contributed by atoms with E-state index in [-0.39, 0.29) is 5.97 Å². The van der Waals surface area contributed by atoms with E-state index in [2.05, 4.69) is 27.4 Å². The van der Waals surface area contributed by atoms with E-state index >= 15 is 0 Å². The summed E-state index contributed by atoms with van der Waals surface area (Å²) in [7, 11) is 0. The van der Waals surface area contributed by atoms with Crippen LogP contribution in [0.2, 0.25) is 0 Å². The average molecular weight is 278 g/mol. The van der Waals surface area contributed by atoms with Gasteiger partial charge in [0.15, 0.2) is 0 Å². The molecule has 2 fully saturated rings. The van der Waals surface area contributed by atoms with Crippen molar-refractivity contribution in [1.82, 2.24) is 0 Å². The number of fused-ring (bicyclic) bond motifs is 1. The Labute approximate surface area is 124 Å². The van der Waals surface area contributed by atoms with Crippen molar-refractivity contribution in [2.24, 2.45) is 22.7 Å². The van der Waals surface area contributed by atoms with E-state index in [1.54, 1.807) is 0 Å². The molecule has 20 heavy (non-hydrogen) atoms. The average Bonchev–Trinajstić information content (AvgIpc) is 2.31. The molecule has 2 heteroatoms. The summed E-state index contributed by atoms with van der Waals surface area (Å²) in [5, 5.41) is 0. The smallest absolute Gasteiger partial charge is 0.302 e. The lowest BCUT2D eigenvalue weighted by atomic mass is 9.47. The number of esters is 1.